The van der Waals surface area contributed by atoms with Crippen LogP contribution in [0.4, 0.5) is 17.1 Å². The van der Waals surface area contributed by atoms with Gasteiger partial charge in [-0.1, -0.05) is 237 Å². The molecule has 4 aliphatic carbocycles. The van der Waals surface area contributed by atoms with Crippen LogP contribution in [0.2, 0.25) is 0 Å². The van der Waals surface area contributed by atoms with Crippen LogP contribution in [0.3, 0.4) is 0 Å². The number of anilines is 3. The second-order valence-corrected chi connectivity index (χ2v) is 23.2. The van der Waals surface area contributed by atoms with Crippen LogP contribution < -0.4 is 14.4 Å². The van der Waals surface area contributed by atoms with Gasteiger partial charge in [-0.2, -0.15) is 0 Å². The van der Waals surface area contributed by atoms with Crippen molar-refractivity contribution in [1.29, 1.82) is 0 Å². The minimum atomic E-state index is -0.660. The Labute approximate surface area is 487 Å². The molecule has 0 amide bonds. The molecular formula is C81H49NO2. The van der Waals surface area contributed by atoms with E-state index in [9.17, 15) is 0 Å². The lowest BCUT2D eigenvalue weighted by Crippen LogP contribution is -2.32. The van der Waals surface area contributed by atoms with Crippen molar-refractivity contribution >= 4 is 17.1 Å². The molecule has 3 heteroatoms. The molecule has 3 nitrogen and oxygen atoms in total. The fourth-order valence-corrected chi connectivity index (χ4v) is 16.6. The van der Waals surface area contributed by atoms with Gasteiger partial charge in [0.05, 0.1) is 21.9 Å². The largest absolute Gasteiger partial charge is 0.457 e. The first-order chi connectivity index (χ1) is 41.7. The van der Waals surface area contributed by atoms with E-state index in [-0.39, 0.29) is 0 Å². The average Bonchev–Trinajstić information content (AvgIpc) is 3.31. The molecule has 2 aliphatic heterocycles. The summed E-state index contributed by atoms with van der Waals surface area (Å²) in [7, 11) is 0. The lowest BCUT2D eigenvalue weighted by Gasteiger charge is -2.39. The molecule has 0 N–H and O–H groups in total. The van der Waals surface area contributed by atoms with Crippen molar-refractivity contribution in [2.24, 2.45) is 0 Å². The third-order valence-electron chi connectivity index (χ3n) is 19.6. The van der Waals surface area contributed by atoms with Gasteiger partial charge in [0, 0.05) is 39.2 Å². The molecular weight excluding hydrogens is 1020 g/mol. The van der Waals surface area contributed by atoms with Crippen molar-refractivity contribution in [2.45, 2.75) is 16.2 Å². The Kier molecular flexibility index (Phi) is 9.13. The minimum Gasteiger partial charge on any atom is -0.457 e. The predicted octanol–water partition coefficient (Wildman–Crippen LogP) is 20.1. The van der Waals surface area contributed by atoms with Crippen molar-refractivity contribution in [3.63, 3.8) is 0 Å². The van der Waals surface area contributed by atoms with E-state index in [1.54, 1.807) is 0 Å². The Morgan fingerprint density at radius 1 is 0.214 bits per heavy atom. The zero-order chi connectivity index (χ0) is 54.9. The summed E-state index contributed by atoms with van der Waals surface area (Å²) in [5.74, 6) is 3.52. The van der Waals surface area contributed by atoms with Gasteiger partial charge < -0.3 is 14.4 Å². The molecule has 0 aromatic heterocycles. The van der Waals surface area contributed by atoms with Crippen LogP contribution in [0.1, 0.15) is 66.8 Å². The zero-order valence-electron chi connectivity index (χ0n) is 45.6. The first-order valence-electron chi connectivity index (χ1n) is 29.2. The van der Waals surface area contributed by atoms with Crippen LogP contribution in [-0.2, 0) is 16.2 Å². The zero-order valence-corrected chi connectivity index (χ0v) is 45.6. The van der Waals surface area contributed by atoms with Gasteiger partial charge in [-0.15, -0.1) is 0 Å². The van der Waals surface area contributed by atoms with Gasteiger partial charge in [-0.25, -0.2) is 0 Å². The van der Waals surface area contributed by atoms with E-state index in [1.807, 2.05) is 0 Å². The topological polar surface area (TPSA) is 21.7 Å². The summed E-state index contributed by atoms with van der Waals surface area (Å²) in [6.07, 6.45) is 0. The summed E-state index contributed by atoms with van der Waals surface area (Å²) >= 11 is 0. The Bertz CT molecular complexity index is 4890. The van der Waals surface area contributed by atoms with Crippen LogP contribution in [0.25, 0.3) is 55.6 Å². The first kappa shape index (κ1) is 45.9. The highest BCUT2D eigenvalue weighted by Crippen LogP contribution is 2.67. The molecule has 0 saturated heterocycles. The van der Waals surface area contributed by atoms with Gasteiger partial charge in [-0.3, -0.25) is 0 Å². The van der Waals surface area contributed by atoms with Crippen LogP contribution in [0.15, 0.2) is 297 Å². The Morgan fingerprint density at radius 3 is 1.04 bits per heavy atom. The number of para-hydroxylation sites is 4. The van der Waals surface area contributed by atoms with Gasteiger partial charge >= 0.3 is 0 Å². The van der Waals surface area contributed by atoms with Crippen molar-refractivity contribution in [1.82, 2.24) is 0 Å². The third kappa shape index (κ3) is 5.62. The van der Waals surface area contributed by atoms with E-state index in [2.05, 4.69) is 302 Å². The summed E-state index contributed by atoms with van der Waals surface area (Å²) in [5, 5.41) is 0. The summed E-state index contributed by atoms with van der Waals surface area (Å²) in [6, 6.07) is 111. The maximum absolute atomic E-state index is 6.85. The molecule has 390 valence electrons. The Balaban J connectivity index is 0.875. The fraction of sp³-hybridized carbons (Fsp3) is 0.0370. The van der Waals surface area contributed by atoms with Crippen LogP contribution in [0, 0.1) is 0 Å². The molecule has 0 radical (unpaired) electrons. The Hall–Kier alpha value is -10.7. The van der Waals surface area contributed by atoms with Crippen LogP contribution in [-0.4, -0.2) is 0 Å². The van der Waals surface area contributed by atoms with Crippen molar-refractivity contribution in [3.8, 4) is 78.6 Å². The number of fused-ring (bicyclic) bond motifs is 28. The summed E-state index contributed by atoms with van der Waals surface area (Å²) in [4.78, 5) is 2.56. The highest BCUT2D eigenvalue weighted by Gasteiger charge is 2.55. The van der Waals surface area contributed by atoms with Crippen molar-refractivity contribution < 1.29 is 9.47 Å². The molecule has 0 unspecified atom stereocenters. The lowest BCUT2D eigenvalue weighted by molar-refractivity contribution is 0.436. The van der Waals surface area contributed by atoms with Gasteiger partial charge in [0.15, 0.2) is 0 Å². The molecule has 3 spiro atoms. The Morgan fingerprint density at radius 2 is 0.548 bits per heavy atom. The molecule has 0 saturated carbocycles. The number of rotatable bonds is 4. The number of ether oxygens (including phenoxy) is 2. The fourth-order valence-electron chi connectivity index (χ4n) is 16.6. The quantitative estimate of drug-likeness (QED) is 0.175. The van der Waals surface area contributed by atoms with E-state index in [0.717, 1.165) is 73.4 Å². The van der Waals surface area contributed by atoms with E-state index >= 15 is 0 Å². The van der Waals surface area contributed by atoms with Gasteiger partial charge in [-0.05, 0) is 155 Å². The number of benzene rings is 13. The molecule has 0 bridgehead atoms. The molecule has 13 aromatic carbocycles. The van der Waals surface area contributed by atoms with Gasteiger partial charge in [0.25, 0.3) is 0 Å². The van der Waals surface area contributed by atoms with Crippen LogP contribution >= 0.6 is 0 Å². The highest BCUT2D eigenvalue weighted by atomic mass is 16.5. The first-order valence-corrected chi connectivity index (χ1v) is 29.2. The SMILES string of the molecule is c1cc(-c2ccc3c(c2)C2(c4ccccc4Oc4ccccc42)c2ccccc2-3)cc(N(c2ccc3c(c2)C2(c4ccccc4Oc4ccccc42)c2ccccc2-3)c2cccc3c2-c2ccccc2C32c3ccccc3-c3ccccc32)c1. The predicted molar refractivity (Wildman–Crippen MR) is 338 cm³/mol. The molecule has 13 aromatic rings. The van der Waals surface area contributed by atoms with Crippen LogP contribution in [0.5, 0.6) is 23.0 Å². The average molecular weight is 1070 g/mol. The normalized spacial score (nSPS) is 14.9. The van der Waals surface area contributed by atoms with Gasteiger partial charge in [0.1, 0.15) is 23.0 Å². The minimum absolute atomic E-state index is 0.527. The summed E-state index contributed by atoms with van der Waals surface area (Å²) in [5.41, 5.74) is 28.6. The summed E-state index contributed by atoms with van der Waals surface area (Å²) in [6.45, 7) is 0. The number of hydrogen-bond acceptors (Lipinski definition) is 3. The standard InChI is InChI=1S/C81H49NO2/c1-6-28-61-54(23-1)55-24-2-7-29-62(55)79(61)65-32-10-5-27-60(65)78-70(79)37-20-38-73(78)82(53-44-46-59-57-26-4-9-31-64(57)81(72(59)49-53)68-35-13-17-41-76(68)84-77-42-18-14-36-69(77)81)52-22-19-21-50(47-52)51-43-45-58-56-25-3-8-30-63(56)80(71(58)48-51)66-33-11-15-39-74(66)83-75-40-16-12-34-67(75)80/h1-49H. The van der Waals surface area contributed by atoms with E-state index in [4.69, 9.17) is 9.47 Å². The summed E-state index contributed by atoms with van der Waals surface area (Å²) < 4.78 is 13.6. The highest BCUT2D eigenvalue weighted by molar-refractivity contribution is 6.02. The maximum Gasteiger partial charge on any atom is 0.132 e. The number of nitrogens with zero attached hydrogens (tertiary/aromatic N) is 1. The molecule has 84 heavy (non-hydrogen) atoms. The second-order valence-electron chi connectivity index (χ2n) is 23.2. The molecule has 19 rings (SSSR count). The van der Waals surface area contributed by atoms with E-state index < -0.39 is 16.2 Å². The van der Waals surface area contributed by atoms with Crippen molar-refractivity contribution in [3.05, 3.63) is 364 Å². The molecule has 2 heterocycles. The van der Waals surface area contributed by atoms with Gasteiger partial charge in [0.2, 0.25) is 0 Å². The number of hydrogen-bond donors (Lipinski definition) is 0. The second kappa shape index (κ2) is 16.7. The molecule has 0 fully saturated rings. The monoisotopic (exact) mass is 1070 g/mol. The van der Waals surface area contributed by atoms with Crippen molar-refractivity contribution in [2.75, 3.05) is 4.90 Å². The van der Waals surface area contributed by atoms with E-state index in [0.29, 0.717) is 0 Å². The smallest absolute Gasteiger partial charge is 0.132 e. The molecule has 0 atom stereocenters. The third-order valence-corrected chi connectivity index (χ3v) is 19.6. The maximum atomic E-state index is 6.85. The van der Waals surface area contributed by atoms with E-state index in [1.165, 1.54) is 89.0 Å². The lowest BCUT2D eigenvalue weighted by atomic mass is 9.66. The molecule has 6 aliphatic rings.